The van der Waals surface area contributed by atoms with Crippen LogP contribution in [0.15, 0.2) is 0 Å². The van der Waals surface area contributed by atoms with Crippen molar-refractivity contribution in [3.8, 4) is 0 Å². The molecule has 0 amide bonds. The Morgan fingerprint density at radius 2 is 2.20 bits per heavy atom. The second-order valence-electron chi connectivity index (χ2n) is 5.41. The summed E-state index contributed by atoms with van der Waals surface area (Å²) in [5, 5.41) is 9.50. The van der Waals surface area contributed by atoms with Gasteiger partial charge in [0.05, 0.1) is 17.8 Å². The lowest BCUT2D eigenvalue weighted by molar-refractivity contribution is -0.143. The summed E-state index contributed by atoms with van der Waals surface area (Å²) in [7, 11) is 0. The van der Waals surface area contributed by atoms with Gasteiger partial charge >= 0.3 is 0 Å². The smallest absolute Gasteiger partial charge is 0.0839 e. The van der Waals surface area contributed by atoms with Gasteiger partial charge in [0.25, 0.3) is 0 Å². The summed E-state index contributed by atoms with van der Waals surface area (Å²) in [5.41, 5.74) is 5.77. The number of hydrogen-bond donors (Lipinski definition) is 2. The molecule has 2 rings (SSSR count). The molecule has 3 heteroatoms. The molecule has 3 N–H and O–H groups in total. The summed E-state index contributed by atoms with van der Waals surface area (Å²) < 4.78 is 6.07. The van der Waals surface area contributed by atoms with Crippen LogP contribution in [0.25, 0.3) is 0 Å². The summed E-state index contributed by atoms with van der Waals surface area (Å²) in [6, 6.07) is 0. The first kappa shape index (κ1) is 11.4. The maximum absolute atomic E-state index is 9.50. The van der Waals surface area contributed by atoms with Crippen molar-refractivity contribution >= 4 is 0 Å². The first-order valence-corrected chi connectivity index (χ1v) is 6.13. The van der Waals surface area contributed by atoms with Crippen molar-refractivity contribution in [2.75, 3.05) is 6.54 Å². The minimum absolute atomic E-state index is 0.104. The van der Waals surface area contributed by atoms with E-state index in [1.165, 1.54) is 19.3 Å². The van der Waals surface area contributed by atoms with E-state index in [1.54, 1.807) is 6.92 Å². The van der Waals surface area contributed by atoms with E-state index >= 15 is 0 Å². The fourth-order valence-corrected chi connectivity index (χ4v) is 3.30. The van der Waals surface area contributed by atoms with Crippen molar-refractivity contribution in [3.63, 3.8) is 0 Å². The zero-order valence-electron chi connectivity index (χ0n) is 9.78. The monoisotopic (exact) mass is 213 g/mol. The molecule has 0 aliphatic heterocycles. The molecule has 2 bridgehead atoms. The maximum Gasteiger partial charge on any atom is 0.0839 e. The molecule has 2 aliphatic rings. The van der Waals surface area contributed by atoms with Gasteiger partial charge in [0, 0.05) is 6.54 Å². The molecule has 2 aliphatic carbocycles. The van der Waals surface area contributed by atoms with Gasteiger partial charge in [-0.1, -0.05) is 0 Å². The molecule has 88 valence electrons. The number of hydrogen-bond acceptors (Lipinski definition) is 3. The van der Waals surface area contributed by atoms with Crippen LogP contribution < -0.4 is 5.73 Å². The highest BCUT2D eigenvalue weighted by Crippen LogP contribution is 2.52. The van der Waals surface area contributed by atoms with Crippen LogP contribution in [0, 0.1) is 11.8 Å². The summed E-state index contributed by atoms with van der Waals surface area (Å²) in [6.07, 6.45) is 4.47. The predicted octanol–water partition coefficient (Wildman–Crippen LogP) is 1.29. The molecule has 0 spiro atoms. The van der Waals surface area contributed by atoms with E-state index in [1.807, 2.05) is 6.92 Å². The number of ether oxygens (including phenoxy) is 1. The van der Waals surface area contributed by atoms with Gasteiger partial charge in [-0.25, -0.2) is 0 Å². The van der Waals surface area contributed by atoms with Crippen LogP contribution >= 0.6 is 0 Å². The van der Waals surface area contributed by atoms with Crippen molar-refractivity contribution < 1.29 is 9.84 Å². The molecule has 0 aromatic heterocycles. The minimum atomic E-state index is -0.410. The topological polar surface area (TPSA) is 55.5 Å². The SMILES string of the molecule is CC(O)C(C)OC1(CN)CC2CCC1C2. The molecule has 3 nitrogen and oxygen atoms in total. The first-order chi connectivity index (χ1) is 7.07. The van der Waals surface area contributed by atoms with E-state index in [2.05, 4.69) is 0 Å². The minimum Gasteiger partial charge on any atom is -0.391 e. The summed E-state index contributed by atoms with van der Waals surface area (Å²) >= 11 is 0. The Morgan fingerprint density at radius 1 is 1.47 bits per heavy atom. The standard InChI is InChI=1S/C12H23NO2/c1-8(14)9(2)15-12(7-13)6-10-3-4-11(12)5-10/h8-11,14H,3-7,13H2,1-2H3. The van der Waals surface area contributed by atoms with E-state index < -0.39 is 6.10 Å². The van der Waals surface area contributed by atoms with Gasteiger partial charge < -0.3 is 15.6 Å². The molecule has 15 heavy (non-hydrogen) atoms. The van der Waals surface area contributed by atoms with Crippen LogP contribution in [0.3, 0.4) is 0 Å². The highest BCUT2D eigenvalue weighted by atomic mass is 16.5. The van der Waals surface area contributed by atoms with Crippen LogP contribution in [0.1, 0.15) is 39.5 Å². The molecule has 2 fully saturated rings. The second-order valence-corrected chi connectivity index (χ2v) is 5.41. The zero-order chi connectivity index (χ0) is 11.1. The van der Waals surface area contributed by atoms with Gasteiger partial charge in [0.2, 0.25) is 0 Å². The lowest BCUT2D eigenvalue weighted by Gasteiger charge is -2.39. The number of rotatable bonds is 4. The van der Waals surface area contributed by atoms with Crippen LogP contribution in [0.5, 0.6) is 0 Å². The van der Waals surface area contributed by atoms with Crippen molar-refractivity contribution in [2.45, 2.75) is 57.3 Å². The molecule has 0 aromatic carbocycles. The van der Waals surface area contributed by atoms with Gasteiger partial charge in [0.15, 0.2) is 0 Å². The molecule has 5 unspecified atom stereocenters. The molecular weight excluding hydrogens is 190 g/mol. The Balaban J connectivity index is 2.03. The second kappa shape index (κ2) is 4.04. The largest absolute Gasteiger partial charge is 0.391 e. The molecule has 0 heterocycles. The fourth-order valence-electron chi connectivity index (χ4n) is 3.30. The lowest BCUT2D eigenvalue weighted by atomic mass is 9.83. The van der Waals surface area contributed by atoms with E-state index in [0.29, 0.717) is 12.5 Å². The van der Waals surface area contributed by atoms with E-state index in [4.69, 9.17) is 10.5 Å². The first-order valence-electron chi connectivity index (χ1n) is 6.13. The molecule has 0 saturated heterocycles. The quantitative estimate of drug-likeness (QED) is 0.740. The molecule has 5 atom stereocenters. The Bertz CT molecular complexity index is 232. The van der Waals surface area contributed by atoms with Gasteiger partial charge in [-0.2, -0.15) is 0 Å². The van der Waals surface area contributed by atoms with Crippen LogP contribution in [0.4, 0.5) is 0 Å². The van der Waals surface area contributed by atoms with Crippen molar-refractivity contribution in [1.82, 2.24) is 0 Å². The van der Waals surface area contributed by atoms with Gasteiger partial charge in [-0.3, -0.25) is 0 Å². The van der Waals surface area contributed by atoms with E-state index in [9.17, 15) is 5.11 Å². The number of aliphatic hydroxyl groups excluding tert-OH is 1. The number of nitrogens with two attached hydrogens (primary N) is 1. The van der Waals surface area contributed by atoms with E-state index in [-0.39, 0.29) is 11.7 Å². The highest BCUT2D eigenvalue weighted by molar-refractivity contribution is 5.03. The van der Waals surface area contributed by atoms with Crippen LogP contribution in [0.2, 0.25) is 0 Å². The van der Waals surface area contributed by atoms with Crippen molar-refractivity contribution in [3.05, 3.63) is 0 Å². The van der Waals surface area contributed by atoms with Crippen molar-refractivity contribution in [1.29, 1.82) is 0 Å². The Labute approximate surface area is 92.0 Å². The van der Waals surface area contributed by atoms with Gasteiger partial charge in [0.1, 0.15) is 0 Å². The van der Waals surface area contributed by atoms with Crippen molar-refractivity contribution in [2.24, 2.45) is 17.6 Å². The fraction of sp³-hybridized carbons (Fsp3) is 1.00. The molecular formula is C12H23NO2. The lowest BCUT2D eigenvalue weighted by Crippen LogP contribution is -2.49. The number of aliphatic hydroxyl groups is 1. The number of fused-ring (bicyclic) bond motifs is 2. The van der Waals surface area contributed by atoms with Crippen LogP contribution in [-0.4, -0.2) is 29.5 Å². The predicted molar refractivity (Wildman–Crippen MR) is 59.5 cm³/mol. The Kier molecular flexibility index (Phi) is 3.06. The Hall–Kier alpha value is -0.120. The third-order valence-electron chi connectivity index (χ3n) is 4.36. The van der Waals surface area contributed by atoms with Gasteiger partial charge in [-0.05, 0) is 51.4 Å². The third-order valence-corrected chi connectivity index (χ3v) is 4.36. The normalized spacial score (nSPS) is 43.2. The third kappa shape index (κ3) is 1.93. The highest BCUT2D eigenvalue weighted by Gasteiger charge is 2.51. The Morgan fingerprint density at radius 3 is 2.60 bits per heavy atom. The average Bonchev–Trinajstić information content (AvgIpc) is 2.77. The summed E-state index contributed by atoms with van der Waals surface area (Å²) in [4.78, 5) is 0. The molecule has 0 radical (unpaired) electrons. The zero-order valence-corrected chi connectivity index (χ0v) is 9.78. The van der Waals surface area contributed by atoms with Crippen LogP contribution in [-0.2, 0) is 4.74 Å². The summed E-state index contributed by atoms with van der Waals surface area (Å²) in [5.74, 6) is 1.45. The molecule has 2 saturated carbocycles. The average molecular weight is 213 g/mol. The van der Waals surface area contributed by atoms with E-state index in [0.717, 1.165) is 12.3 Å². The molecule has 0 aromatic rings. The van der Waals surface area contributed by atoms with Gasteiger partial charge in [-0.15, -0.1) is 0 Å². The maximum atomic E-state index is 9.50. The summed E-state index contributed by atoms with van der Waals surface area (Å²) in [6.45, 7) is 4.32.